The van der Waals surface area contributed by atoms with Gasteiger partial charge in [0, 0.05) is 43.8 Å². The maximum atomic E-state index is 12.0. The third-order valence-electron chi connectivity index (χ3n) is 6.06. The van der Waals surface area contributed by atoms with Crippen LogP contribution in [0.1, 0.15) is 45.6 Å². The van der Waals surface area contributed by atoms with Crippen molar-refractivity contribution in [2.45, 2.75) is 63.3 Å². The molecule has 1 aromatic carbocycles. The van der Waals surface area contributed by atoms with Gasteiger partial charge in [-0.15, -0.1) is 0 Å². The fourth-order valence-corrected chi connectivity index (χ4v) is 4.94. The van der Waals surface area contributed by atoms with Gasteiger partial charge < -0.3 is 10.1 Å². The van der Waals surface area contributed by atoms with Gasteiger partial charge in [0.25, 0.3) is 0 Å². The summed E-state index contributed by atoms with van der Waals surface area (Å²) >= 11 is 0. The van der Waals surface area contributed by atoms with Gasteiger partial charge in [-0.1, -0.05) is 30.3 Å². The quantitative estimate of drug-likeness (QED) is 0.900. The second kappa shape index (κ2) is 6.24. The summed E-state index contributed by atoms with van der Waals surface area (Å²) in [6.07, 6.45) is 2.98. The van der Waals surface area contributed by atoms with Crippen LogP contribution in [0.15, 0.2) is 30.3 Å². The maximum absolute atomic E-state index is 12.0. The van der Waals surface area contributed by atoms with E-state index in [0.717, 1.165) is 52.0 Å². The van der Waals surface area contributed by atoms with Crippen LogP contribution in [-0.4, -0.2) is 58.8 Å². The fraction of sp³-hybridized carbons (Fsp3) is 0.667. The smallest absolute Gasteiger partial charge is 0.408 e. The van der Waals surface area contributed by atoms with Crippen LogP contribution in [0.3, 0.4) is 0 Å². The molecule has 4 fully saturated rings. The molecule has 5 heteroatoms. The van der Waals surface area contributed by atoms with E-state index >= 15 is 0 Å². The topological polar surface area (TPSA) is 44.8 Å². The summed E-state index contributed by atoms with van der Waals surface area (Å²) in [5.74, 6) is 0. The van der Waals surface area contributed by atoms with Crippen LogP contribution >= 0.6 is 0 Å². The number of nitrogens with one attached hydrogen (secondary N) is 1. The molecule has 0 unspecified atom stereocenters. The number of alkyl carbamates (subject to hydrolysis) is 1. The Bertz CT molecular complexity index is 640. The van der Waals surface area contributed by atoms with Crippen molar-refractivity contribution in [1.29, 1.82) is 0 Å². The zero-order valence-corrected chi connectivity index (χ0v) is 16.3. The second-order valence-corrected chi connectivity index (χ2v) is 9.41. The molecule has 0 radical (unpaired) electrons. The molecular weight excluding hydrogens is 326 g/mol. The summed E-state index contributed by atoms with van der Waals surface area (Å²) in [5, 5.41) is 3.12. The van der Waals surface area contributed by atoms with Gasteiger partial charge in [0.2, 0.25) is 0 Å². The summed E-state index contributed by atoms with van der Waals surface area (Å²) in [4.78, 5) is 17.2. The molecule has 5 rings (SSSR count). The summed E-state index contributed by atoms with van der Waals surface area (Å²) in [5.41, 5.74) is 1.31. The van der Waals surface area contributed by atoms with E-state index in [1.807, 2.05) is 20.8 Å². The summed E-state index contributed by atoms with van der Waals surface area (Å²) in [6.45, 7) is 11.3. The lowest BCUT2D eigenvalue weighted by molar-refractivity contribution is -0.185. The van der Waals surface area contributed by atoms with Crippen molar-refractivity contribution >= 4 is 6.09 Å². The third-order valence-corrected chi connectivity index (χ3v) is 6.06. The van der Waals surface area contributed by atoms with Crippen molar-refractivity contribution in [3.8, 4) is 0 Å². The number of amides is 1. The monoisotopic (exact) mass is 357 g/mol. The summed E-state index contributed by atoms with van der Waals surface area (Å²) in [7, 11) is 0. The van der Waals surface area contributed by atoms with E-state index in [-0.39, 0.29) is 11.6 Å². The zero-order chi connectivity index (χ0) is 18.4. The molecular formula is C21H31N3O2. The van der Waals surface area contributed by atoms with Crippen molar-refractivity contribution in [2.24, 2.45) is 0 Å². The van der Waals surface area contributed by atoms with E-state index in [9.17, 15) is 4.79 Å². The van der Waals surface area contributed by atoms with Crippen LogP contribution in [0.2, 0.25) is 0 Å². The van der Waals surface area contributed by atoms with Crippen LogP contribution in [0.5, 0.6) is 0 Å². The first-order valence-corrected chi connectivity index (χ1v) is 9.80. The molecule has 1 heterocycles. The van der Waals surface area contributed by atoms with Crippen molar-refractivity contribution in [2.75, 3.05) is 26.2 Å². The Hall–Kier alpha value is -1.59. The van der Waals surface area contributed by atoms with Crippen LogP contribution in [0.25, 0.3) is 0 Å². The second-order valence-electron chi connectivity index (χ2n) is 9.41. The number of carbonyl (C=O) groups excluding carboxylic acids is 1. The highest BCUT2D eigenvalue weighted by Crippen LogP contribution is 2.63. The molecule has 5 nitrogen and oxygen atoms in total. The molecule has 1 saturated heterocycles. The minimum absolute atomic E-state index is 0.00348. The van der Waals surface area contributed by atoms with Gasteiger partial charge in [-0.05, 0) is 45.6 Å². The summed E-state index contributed by atoms with van der Waals surface area (Å²) in [6, 6.07) is 10.7. The number of hydrogen-bond acceptors (Lipinski definition) is 4. The minimum atomic E-state index is -0.430. The number of piperazine rings is 1. The van der Waals surface area contributed by atoms with Crippen molar-refractivity contribution < 1.29 is 9.53 Å². The van der Waals surface area contributed by atoms with Crippen LogP contribution in [-0.2, 0) is 11.3 Å². The Morgan fingerprint density at radius 1 is 1.08 bits per heavy atom. The molecule has 26 heavy (non-hydrogen) atoms. The summed E-state index contributed by atoms with van der Waals surface area (Å²) < 4.78 is 5.41. The van der Waals surface area contributed by atoms with E-state index < -0.39 is 5.60 Å². The normalized spacial score (nSPS) is 31.7. The average molecular weight is 357 g/mol. The molecule has 1 aliphatic heterocycles. The number of rotatable bonds is 4. The Labute approximate surface area is 156 Å². The molecule has 1 aromatic rings. The van der Waals surface area contributed by atoms with Crippen LogP contribution in [0.4, 0.5) is 4.79 Å². The molecule has 3 saturated carbocycles. The lowest BCUT2D eigenvalue weighted by atomic mass is 9.43. The van der Waals surface area contributed by atoms with Crippen molar-refractivity contribution in [3.63, 3.8) is 0 Å². The van der Waals surface area contributed by atoms with Gasteiger partial charge in [0.05, 0.1) is 0 Å². The highest BCUT2D eigenvalue weighted by atomic mass is 16.6. The molecule has 1 amide bonds. The van der Waals surface area contributed by atoms with E-state index in [2.05, 4.69) is 45.4 Å². The molecule has 142 valence electrons. The van der Waals surface area contributed by atoms with Crippen LogP contribution in [0, 0.1) is 0 Å². The molecule has 0 aromatic heterocycles. The van der Waals surface area contributed by atoms with E-state index in [4.69, 9.17) is 4.74 Å². The number of benzene rings is 1. The predicted octanol–water partition coefficient (Wildman–Crippen LogP) is 3.00. The van der Waals surface area contributed by atoms with Gasteiger partial charge in [0.15, 0.2) is 0 Å². The van der Waals surface area contributed by atoms with E-state index in [0.29, 0.717) is 5.54 Å². The first-order chi connectivity index (χ1) is 12.3. The number of hydrogen-bond donors (Lipinski definition) is 1. The molecule has 4 aliphatic rings. The SMILES string of the molecule is CC(C)(C)OC(=O)NC12CC(N3CCN(Cc4ccccc4)CC3)(C1)C2. The number of ether oxygens (including phenoxy) is 1. The number of carbonyl (C=O) groups is 1. The van der Waals surface area contributed by atoms with Crippen LogP contribution < -0.4 is 5.32 Å². The average Bonchev–Trinajstić information content (AvgIpc) is 2.50. The lowest BCUT2D eigenvalue weighted by Crippen LogP contribution is -2.84. The minimum Gasteiger partial charge on any atom is -0.444 e. The van der Waals surface area contributed by atoms with E-state index in [1.54, 1.807) is 0 Å². The Balaban J connectivity index is 1.22. The fourth-order valence-electron chi connectivity index (χ4n) is 4.94. The van der Waals surface area contributed by atoms with E-state index in [1.165, 1.54) is 5.56 Å². The molecule has 1 N–H and O–H groups in total. The lowest BCUT2D eigenvalue weighted by Gasteiger charge is -2.74. The van der Waals surface area contributed by atoms with Crippen molar-refractivity contribution in [3.05, 3.63) is 35.9 Å². The zero-order valence-electron chi connectivity index (χ0n) is 16.3. The maximum Gasteiger partial charge on any atom is 0.408 e. The first kappa shape index (κ1) is 17.8. The van der Waals surface area contributed by atoms with Gasteiger partial charge >= 0.3 is 6.09 Å². The van der Waals surface area contributed by atoms with Gasteiger partial charge in [-0.2, -0.15) is 0 Å². The third kappa shape index (κ3) is 3.47. The number of nitrogens with zero attached hydrogens (tertiary/aromatic N) is 2. The van der Waals surface area contributed by atoms with Gasteiger partial charge in [0.1, 0.15) is 5.60 Å². The molecule has 0 spiro atoms. The highest BCUT2D eigenvalue weighted by molar-refractivity contribution is 5.70. The predicted molar refractivity (Wildman–Crippen MR) is 102 cm³/mol. The highest BCUT2D eigenvalue weighted by Gasteiger charge is 2.71. The van der Waals surface area contributed by atoms with Gasteiger partial charge in [-0.3, -0.25) is 9.80 Å². The van der Waals surface area contributed by atoms with Crippen molar-refractivity contribution in [1.82, 2.24) is 15.1 Å². The molecule has 3 aliphatic carbocycles. The Morgan fingerprint density at radius 3 is 2.27 bits per heavy atom. The standard InChI is InChI=1S/C21H31N3O2/c1-19(2,3)26-18(25)22-20-14-21(15-20,16-20)24-11-9-23(10-12-24)13-17-7-5-4-6-8-17/h4-8H,9-16H2,1-3H3,(H,22,25). The molecule has 2 bridgehead atoms. The first-order valence-electron chi connectivity index (χ1n) is 9.80. The Morgan fingerprint density at radius 2 is 1.69 bits per heavy atom. The van der Waals surface area contributed by atoms with Gasteiger partial charge in [-0.25, -0.2) is 4.79 Å². The Kier molecular flexibility index (Phi) is 4.27. The largest absolute Gasteiger partial charge is 0.444 e. The molecule has 0 atom stereocenters.